The van der Waals surface area contributed by atoms with Crippen LogP contribution in [0.4, 0.5) is 0 Å². The minimum atomic E-state index is -1.54. The second-order valence-corrected chi connectivity index (χ2v) is 7.37. The van der Waals surface area contributed by atoms with E-state index in [2.05, 4.69) is 10.6 Å². The first kappa shape index (κ1) is 21.4. The molecule has 10 nitrogen and oxygen atoms in total. The van der Waals surface area contributed by atoms with E-state index in [1.54, 1.807) is 4.90 Å². The molecule has 2 saturated heterocycles. The molecule has 2 aliphatic rings. The van der Waals surface area contributed by atoms with Gasteiger partial charge in [0.2, 0.25) is 5.91 Å². The maximum Gasteiger partial charge on any atom is 0.451 e. The average molecular weight is 407 g/mol. The van der Waals surface area contributed by atoms with Gasteiger partial charge >= 0.3 is 13.1 Å². The molecule has 0 aliphatic carbocycles. The minimum absolute atomic E-state index is 0.0188. The van der Waals surface area contributed by atoms with Gasteiger partial charge in [-0.05, 0) is 24.4 Å². The van der Waals surface area contributed by atoms with Crippen LogP contribution in [-0.2, 0) is 11.2 Å². The quantitative estimate of drug-likeness (QED) is 0.287. The summed E-state index contributed by atoms with van der Waals surface area (Å²) >= 11 is 0. The van der Waals surface area contributed by atoms with Gasteiger partial charge < -0.3 is 40.5 Å². The van der Waals surface area contributed by atoms with Crippen LogP contribution in [0.5, 0.6) is 11.5 Å². The van der Waals surface area contributed by atoms with Gasteiger partial charge in [-0.25, -0.2) is 4.79 Å². The molecular weight excluding hydrogens is 381 g/mol. The number of aromatic hydroxyl groups is 1. The first-order valence-corrected chi connectivity index (χ1v) is 9.68. The van der Waals surface area contributed by atoms with Gasteiger partial charge in [0, 0.05) is 32.1 Å². The summed E-state index contributed by atoms with van der Waals surface area (Å²) in [5.74, 6) is -1.74. The number of ether oxygens (including phenoxy) is 1. The molecule has 1 aromatic carbocycles. The summed E-state index contributed by atoms with van der Waals surface area (Å²) in [4.78, 5) is 25.6. The molecule has 158 valence electrons. The molecule has 2 aliphatic heterocycles. The second-order valence-electron chi connectivity index (χ2n) is 7.37. The number of likely N-dealkylation sites (tertiary alicyclic amines) is 1. The molecule has 0 spiro atoms. The van der Waals surface area contributed by atoms with Gasteiger partial charge in [-0.15, -0.1) is 0 Å². The molecule has 1 atom stereocenters. The molecule has 0 radical (unpaired) electrons. The third kappa shape index (κ3) is 5.38. The molecule has 1 amide bonds. The fourth-order valence-electron chi connectivity index (χ4n) is 3.50. The summed E-state index contributed by atoms with van der Waals surface area (Å²) in [5, 5.41) is 44.2. The topological polar surface area (TPSA) is 152 Å². The van der Waals surface area contributed by atoms with Gasteiger partial charge in [0.15, 0.2) is 0 Å². The molecule has 0 saturated carbocycles. The highest BCUT2D eigenvalue weighted by Crippen LogP contribution is 2.34. The zero-order valence-electron chi connectivity index (χ0n) is 16.0. The number of piperazine rings is 1. The third-order valence-electron chi connectivity index (χ3n) is 5.15. The van der Waals surface area contributed by atoms with E-state index >= 15 is 0 Å². The summed E-state index contributed by atoms with van der Waals surface area (Å²) in [7, 11) is -1.54. The van der Waals surface area contributed by atoms with Crippen molar-refractivity contribution in [1.82, 2.24) is 15.5 Å². The molecule has 3 rings (SSSR count). The van der Waals surface area contributed by atoms with Crippen molar-refractivity contribution >= 4 is 19.0 Å². The van der Waals surface area contributed by atoms with Gasteiger partial charge in [0.1, 0.15) is 23.2 Å². The Labute approximate surface area is 168 Å². The maximum absolute atomic E-state index is 12.3. The van der Waals surface area contributed by atoms with E-state index in [1.807, 2.05) is 0 Å². The lowest BCUT2D eigenvalue weighted by molar-refractivity contribution is -0.140. The van der Waals surface area contributed by atoms with E-state index in [-0.39, 0.29) is 42.1 Å². The Kier molecular flexibility index (Phi) is 6.96. The number of carboxylic acid groups (broad SMARTS) is 1. The van der Waals surface area contributed by atoms with E-state index < -0.39 is 18.8 Å². The van der Waals surface area contributed by atoms with Crippen molar-refractivity contribution in [2.24, 2.45) is 0 Å². The molecule has 6 N–H and O–H groups in total. The molecule has 1 unspecified atom stereocenters. The average Bonchev–Trinajstić information content (AvgIpc) is 2.63. The Morgan fingerprint density at radius 2 is 2.00 bits per heavy atom. The summed E-state index contributed by atoms with van der Waals surface area (Å²) in [6, 6.07) is 3.06. The minimum Gasteiger partial charge on any atom is -0.507 e. The highest BCUT2D eigenvalue weighted by Gasteiger charge is 2.34. The summed E-state index contributed by atoms with van der Waals surface area (Å²) in [6.07, 6.45) is 0.128. The Bertz CT molecular complexity index is 749. The van der Waals surface area contributed by atoms with Crippen molar-refractivity contribution in [1.29, 1.82) is 0 Å². The molecule has 2 fully saturated rings. The number of aromatic carboxylic acids is 1. The van der Waals surface area contributed by atoms with Crippen molar-refractivity contribution in [2.45, 2.75) is 31.3 Å². The number of hydrogen-bond donors (Lipinski definition) is 6. The van der Waals surface area contributed by atoms with Crippen molar-refractivity contribution in [2.75, 3.05) is 32.7 Å². The zero-order valence-corrected chi connectivity index (χ0v) is 16.0. The van der Waals surface area contributed by atoms with Crippen molar-refractivity contribution in [3.05, 3.63) is 23.3 Å². The van der Waals surface area contributed by atoms with Crippen LogP contribution in [0.25, 0.3) is 0 Å². The molecule has 0 aromatic heterocycles. The number of aryl methyl sites for hydroxylation is 1. The van der Waals surface area contributed by atoms with Crippen LogP contribution >= 0.6 is 0 Å². The number of rotatable bonds is 8. The van der Waals surface area contributed by atoms with Gasteiger partial charge in [-0.1, -0.05) is 6.07 Å². The van der Waals surface area contributed by atoms with Crippen molar-refractivity contribution in [3.8, 4) is 11.5 Å². The van der Waals surface area contributed by atoms with Gasteiger partial charge in [0.05, 0.1) is 13.1 Å². The molecule has 2 heterocycles. The van der Waals surface area contributed by atoms with E-state index in [0.717, 1.165) is 19.6 Å². The predicted octanol–water partition coefficient (Wildman–Crippen LogP) is -1.35. The smallest absolute Gasteiger partial charge is 0.451 e. The first-order chi connectivity index (χ1) is 13.8. The standard InChI is InChI=1S/C18H26BN3O7/c23-15(7-12-8-20-5-6-21-12)22-9-13(10-22)29-14-2-1-11(3-4-19(27)28)17(24)16(14)18(25)26/h1-2,12-13,20-21,24,27-28H,3-10H2,(H,25,26). The highest BCUT2D eigenvalue weighted by atomic mass is 16.5. The lowest BCUT2D eigenvalue weighted by Crippen LogP contribution is -2.58. The van der Waals surface area contributed by atoms with Crippen LogP contribution in [0.15, 0.2) is 12.1 Å². The van der Waals surface area contributed by atoms with E-state index in [1.165, 1.54) is 12.1 Å². The van der Waals surface area contributed by atoms with Crippen molar-refractivity contribution < 1.29 is 34.6 Å². The summed E-state index contributed by atoms with van der Waals surface area (Å²) < 4.78 is 5.71. The van der Waals surface area contributed by atoms with Crippen LogP contribution in [-0.4, -0.2) is 89.0 Å². The Hall–Kier alpha value is -2.34. The van der Waals surface area contributed by atoms with E-state index in [0.29, 0.717) is 25.1 Å². The van der Waals surface area contributed by atoms with Gasteiger partial charge in [-0.2, -0.15) is 0 Å². The maximum atomic E-state index is 12.3. The zero-order chi connectivity index (χ0) is 21.0. The number of nitrogens with zero attached hydrogens (tertiary/aromatic N) is 1. The van der Waals surface area contributed by atoms with Crippen LogP contribution < -0.4 is 15.4 Å². The molecule has 11 heteroatoms. The number of carboxylic acids is 1. The number of nitrogens with one attached hydrogen (secondary N) is 2. The monoisotopic (exact) mass is 407 g/mol. The van der Waals surface area contributed by atoms with Crippen LogP contribution in [0, 0.1) is 0 Å². The molecule has 1 aromatic rings. The Morgan fingerprint density at radius 3 is 2.62 bits per heavy atom. The Morgan fingerprint density at radius 1 is 1.24 bits per heavy atom. The number of phenols is 1. The van der Waals surface area contributed by atoms with E-state index in [9.17, 15) is 19.8 Å². The fourth-order valence-corrected chi connectivity index (χ4v) is 3.50. The SMILES string of the molecule is O=C(O)c1c(OC2CN(C(=O)CC3CNCCN3)C2)ccc(CCB(O)O)c1O. The lowest BCUT2D eigenvalue weighted by Gasteiger charge is -2.40. The highest BCUT2D eigenvalue weighted by molar-refractivity contribution is 6.41. The first-order valence-electron chi connectivity index (χ1n) is 9.68. The van der Waals surface area contributed by atoms with Gasteiger partial charge in [-0.3, -0.25) is 4.79 Å². The predicted molar refractivity (Wildman–Crippen MR) is 104 cm³/mol. The van der Waals surface area contributed by atoms with Crippen molar-refractivity contribution in [3.63, 3.8) is 0 Å². The van der Waals surface area contributed by atoms with Crippen LogP contribution in [0.3, 0.4) is 0 Å². The fraction of sp³-hybridized carbons (Fsp3) is 0.556. The largest absolute Gasteiger partial charge is 0.507 e. The molecule has 29 heavy (non-hydrogen) atoms. The lowest BCUT2D eigenvalue weighted by atomic mass is 9.82. The second kappa shape index (κ2) is 9.44. The summed E-state index contributed by atoms with van der Waals surface area (Å²) in [5.41, 5.74) is -0.0703. The van der Waals surface area contributed by atoms with E-state index in [4.69, 9.17) is 14.8 Å². The molecular formula is C18H26BN3O7. The number of hydrogen-bond acceptors (Lipinski definition) is 8. The number of carbonyl (C=O) groups is 2. The number of carbonyl (C=O) groups excluding carboxylic acids is 1. The summed E-state index contributed by atoms with van der Waals surface area (Å²) in [6.45, 7) is 3.19. The van der Waals surface area contributed by atoms with Crippen LogP contribution in [0.1, 0.15) is 22.3 Å². The number of benzene rings is 1. The van der Waals surface area contributed by atoms with Gasteiger partial charge in [0.25, 0.3) is 0 Å². The Balaban J connectivity index is 1.57. The third-order valence-corrected chi connectivity index (χ3v) is 5.15. The van der Waals surface area contributed by atoms with Crippen LogP contribution in [0.2, 0.25) is 6.32 Å². The normalized spacial score (nSPS) is 19.5. The number of amides is 1. The molecule has 0 bridgehead atoms.